The number of aromatic nitrogens is 3. The highest BCUT2D eigenvalue weighted by Gasteiger charge is 2.13. The summed E-state index contributed by atoms with van der Waals surface area (Å²) >= 11 is 3.40. The van der Waals surface area contributed by atoms with Crippen LogP contribution in [0.5, 0.6) is 0 Å². The maximum Gasteiger partial charge on any atom is 0.258 e. The molecule has 5 nitrogen and oxygen atoms in total. The highest BCUT2D eigenvalue weighted by Crippen LogP contribution is 2.26. The van der Waals surface area contributed by atoms with E-state index in [2.05, 4.69) is 36.4 Å². The Balaban J connectivity index is 2.00. The molecule has 0 bridgehead atoms. The number of halogens is 1. The summed E-state index contributed by atoms with van der Waals surface area (Å²) in [4.78, 5) is 8.64. The Hall–Kier alpha value is -2.21. The molecule has 0 fully saturated rings. The first-order valence-electron chi connectivity index (χ1n) is 6.01. The minimum Gasteiger partial charge on any atom is -0.373 e. The van der Waals surface area contributed by atoms with E-state index >= 15 is 0 Å². The molecule has 0 radical (unpaired) electrons. The quantitative estimate of drug-likeness (QED) is 0.794. The van der Waals surface area contributed by atoms with Crippen LogP contribution in [0.25, 0.3) is 22.8 Å². The topological polar surface area (TPSA) is 63.8 Å². The number of rotatable bonds is 3. The molecule has 0 amide bonds. The third kappa shape index (κ3) is 2.42. The average molecular weight is 331 g/mol. The van der Waals surface area contributed by atoms with E-state index in [9.17, 15) is 0 Å². The molecule has 0 saturated carbocycles. The summed E-state index contributed by atoms with van der Waals surface area (Å²) in [5.41, 5.74) is 1.68. The molecule has 0 unspecified atom stereocenters. The van der Waals surface area contributed by atoms with Crippen molar-refractivity contribution in [3.8, 4) is 22.8 Å². The summed E-state index contributed by atoms with van der Waals surface area (Å²) < 4.78 is 6.32. The van der Waals surface area contributed by atoms with Gasteiger partial charge >= 0.3 is 0 Å². The molecule has 2 aromatic heterocycles. The lowest BCUT2D eigenvalue weighted by molar-refractivity contribution is 0.432. The second kappa shape index (κ2) is 5.42. The van der Waals surface area contributed by atoms with Crippen molar-refractivity contribution >= 4 is 21.7 Å². The van der Waals surface area contributed by atoms with Gasteiger partial charge in [-0.1, -0.05) is 21.1 Å². The molecule has 20 heavy (non-hydrogen) atoms. The van der Waals surface area contributed by atoms with Crippen molar-refractivity contribution in [3.05, 3.63) is 47.1 Å². The van der Waals surface area contributed by atoms with Gasteiger partial charge in [0, 0.05) is 23.3 Å². The predicted molar refractivity (Wildman–Crippen MR) is 80.2 cm³/mol. The number of pyridine rings is 1. The van der Waals surface area contributed by atoms with Gasteiger partial charge in [-0.2, -0.15) is 4.98 Å². The first kappa shape index (κ1) is 12.8. The average Bonchev–Trinajstić information content (AvgIpc) is 2.97. The maximum absolute atomic E-state index is 5.31. The molecular formula is C14H11BrN4O. The fourth-order valence-corrected chi connectivity index (χ4v) is 2.09. The molecule has 0 saturated heterocycles. The summed E-state index contributed by atoms with van der Waals surface area (Å²) in [6, 6.07) is 11.4. The highest BCUT2D eigenvalue weighted by atomic mass is 79.9. The fourth-order valence-electron chi connectivity index (χ4n) is 1.83. The van der Waals surface area contributed by atoms with Crippen molar-refractivity contribution in [1.29, 1.82) is 0 Å². The maximum atomic E-state index is 5.31. The Morgan fingerprint density at radius 3 is 2.70 bits per heavy atom. The van der Waals surface area contributed by atoms with E-state index in [0.29, 0.717) is 11.7 Å². The van der Waals surface area contributed by atoms with Crippen molar-refractivity contribution in [2.75, 3.05) is 12.4 Å². The summed E-state index contributed by atoms with van der Waals surface area (Å²) in [5, 5.41) is 7.03. The summed E-state index contributed by atoms with van der Waals surface area (Å²) in [7, 11) is 1.81. The summed E-state index contributed by atoms with van der Waals surface area (Å²) in [5.74, 6) is 1.72. The standard InChI is InChI=1S/C14H11BrN4O/c1-16-12-11(3-2-8-17-12)13-18-14(20-19-13)9-4-6-10(15)7-5-9/h2-8H,1H3,(H,16,17). The molecular weight excluding hydrogens is 320 g/mol. The van der Waals surface area contributed by atoms with Gasteiger partial charge in [0.15, 0.2) is 0 Å². The second-order valence-electron chi connectivity index (χ2n) is 4.08. The number of benzene rings is 1. The fraction of sp³-hybridized carbons (Fsp3) is 0.0714. The van der Waals surface area contributed by atoms with Crippen LogP contribution in [0.2, 0.25) is 0 Å². The minimum absolute atomic E-state index is 0.485. The first-order chi connectivity index (χ1) is 9.78. The number of hydrogen-bond acceptors (Lipinski definition) is 5. The van der Waals surface area contributed by atoms with E-state index in [4.69, 9.17) is 4.52 Å². The number of hydrogen-bond donors (Lipinski definition) is 1. The van der Waals surface area contributed by atoms with Crippen molar-refractivity contribution in [2.45, 2.75) is 0 Å². The van der Waals surface area contributed by atoms with E-state index in [1.54, 1.807) is 6.20 Å². The number of nitrogens with one attached hydrogen (secondary N) is 1. The van der Waals surface area contributed by atoms with E-state index in [-0.39, 0.29) is 0 Å². The van der Waals surface area contributed by atoms with Crippen LogP contribution in [-0.2, 0) is 0 Å². The van der Waals surface area contributed by atoms with E-state index in [1.807, 2.05) is 43.4 Å². The molecule has 100 valence electrons. The van der Waals surface area contributed by atoms with Crippen LogP contribution in [0.15, 0.2) is 51.6 Å². The summed E-state index contributed by atoms with van der Waals surface area (Å²) in [6.07, 6.45) is 1.71. The van der Waals surface area contributed by atoms with Crippen LogP contribution in [0, 0.1) is 0 Å². The van der Waals surface area contributed by atoms with Crippen molar-refractivity contribution in [3.63, 3.8) is 0 Å². The molecule has 0 aliphatic rings. The van der Waals surface area contributed by atoms with Crippen molar-refractivity contribution < 1.29 is 4.52 Å². The van der Waals surface area contributed by atoms with Crippen LogP contribution in [0.1, 0.15) is 0 Å². The van der Waals surface area contributed by atoms with Crippen LogP contribution in [0.3, 0.4) is 0 Å². The Morgan fingerprint density at radius 2 is 1.95 bits per heavy atom. The molecule has 3 aromatic rings. The lowest BCUT2D eigenvalue weighted by atomic mass is 10.2. The van der Waals surface area contributed by atoms with Gasteiger partial charge in [-0.15, -0.1) is 0 Å². The molecule has 0 spiro atoms. The Bertz CT molecular complexity index is 724. The van der Waals surface area contributed by atoms with Crippen LogP contribution < -0.4 is 5.32 Å². The zero-order valence-electron chi connectivity index (χ0n) is 10.7. The second-order valence-corrected chi connectivity index (χ2v) is 5.00. The molecule has 2 heterocycles. The van der Waals surface area contributed by atoms with Crippen LogP contribution >= 0.6 is 15.9 Å². The van der Waals surface area contributed by atoms with Gasteiger partial charge in [-0.05, 0) is 36.4 Å². The van der Waals surface area contributed by atoms with Gasteiger partial charge in [-0.3, -0.25) is 0 Å². The van der Waals surface area contributed by atoms with Gasteiger partial charge in [0.1, 0.15) is 5.82 Å². The van der Waals surface area contributed by atoms with Crippen molar-refractivity contribution in [1.82, 2.24) is 15.1 Å². The monoisotopic (exact) mass is 330 g/mol. The first-order valence-corrected chi connectivity index (χ1v) is 6.80. The zero-order chi connectivity index (χ0) is 13.9. The molecule has 1 aromatic carbocycles. The third-order valence-corrected chi connectivity index (χ3v) is 3.33. The third-order valence-electron chi connectivity index (χ3n) is 2.80. The predicted octanol–water partition coefficient (Wildman–Crippen LogP) is 3.60. The SMILES string of the molecule is CNc1ncccc1-c1noc(-c2ccc(Br)cc2)n1. The normalized spacial score (nSPS) is 10.5. The molecule has 0 aliphatic heterocycles. The van der Waals surface area contributed by atoms with Gasteiger partial charge in [0.2, 0.25) is 5.82 Å². The van der Waals surface area contributed by atoms with E-state index in [1.165, 1.54) is 0 Å². The largest absolute Gasteiger partial charge is 0.373 e. The Morgan fingerprint density at radius 1 is 1.15 bits per heavy atom. The van der Waals surface area contributed by atoms with Gasteiger partial charge in [0.25, 0.3) is 5.89 Å². The molecule has 6 heteroatoms. The number of anilines is 1. The summed E-state index contributed by atoms with van der Waals surface area (Å²) in [6.45, 7) is 0. The van der Waals surface area contributed by atoms with Gasteiger partial charge in [0.05, 0.1) is 5.56 Å². The molecule has 1 N–H and O–H groups in total. The number of nitrogens with zero attached hydrogens (tertiary/aromatic N) is 3. The molecule has 0 atom stereocenters. The smallest absolute Gasteiger partial charge is 0.258 e. The van der Waals surface area contributed by atoms with Gasteiger partial charge in [-0.25, -0.2) is 4.98 Å². The van der Waals surface area contributed by atoms with Crippen LogP contribution in [0.4, 0.5) is 5.82 Å². The molecule has 0 aliphatic carbocycles. The van der Waals surface area contributed by atoms with Crippen LogP contribution in [-0.4, -0.2) is 22.2 Å². The highest BCUT2D eigenvalue weighted by molar-refractivity contribution is 9.10. The Labute approximate surface area is 124 Å². The van der Waals surface area contributed by atoms with E-state index in [0.717, 1.165) is 21.4 Å². The Kier molecular flexibility index (Phi) is 3.47. The molecule has 3 rings (SSSR count). The lowest BCUT2D eigenvalue weighted by Crippen LogP contribution is -1.95. The van der Waals surface area contributed by atoms with Crippen molar-refractivity contribution in [2.24, 2.45) is 0 Å². The van der Waals surface area contributed by atoms with E-state index < -0.39 is 0 Å². The lowest BCUT2D eigenvalue weighted by Gasteiger charge is -2.02. The minimum atomic E-state index is 0.485. The zero-order valence-corrected chi connectivity index (χ0v) is 12.3. The van der Waals surface area contributed by atoms with Gasteiger partial charge < -0.3 is 9.84 Å².